The van der Waals surface area contributed by atoms with Crippen molar-refractivity contribution in [2.75, 3.05) is 5.32 Å². The lowest BCUT2D eigenvalue weighted by molar-refractivity contribution is -0.142. The standard InChI is InChI=1S/C16H11BrClF4N5O/c1-26-12(11(17)13(24-26)16(20,21)22)15(28)23-14-10(18)7-27(25-14)6-8-3-2-4-9(19)5-8/h2-5,7H,6H2,1H3,(H,23,25,28). The Morgan fingerprint density at radius 1 is 1.32 bits per heavy atom. The Kier molecular flexibility index (Phi) is 5.48. The first kappa shape index (κ1) is 20.3. The summed E-state index contributed by atoms with van der Waals surface area (Å²) in [5, 5.41) is 9.83. The molecule has 0 atom stereocenters. The average Bonchev–Trinajstić information content (AvgIpc) is 3.06. The van der Waals surface area contributed by atoms with Gasteiger partial charge in [-0.2, -0.15) is 23.4 Å². The molecule has 1 N–H and O–H groups in total. The van der Waals surface area contributed by atoms with Crippen molar-refractivity contribution in [3.63, 3.8) is 0 Å². The average molecular weight is 481 g/mol. The highest BCUT2D eigenvalue weighted by Crippen LogP contribution is 2.36. The molecule has 6 nitrogen and oxygen atoms in total. The molecule has 0 bridgehead atoms. The van der Waals surface area contributed by atoms with Crippen LogP contribution in [-0.4, -0.2) is 25.5 Å². The molecule has 0 saturated carbocycles. The largest absolute Gasteiger partial charge is 0.436 e. The molecule has 0 aliphatic heterocycles. The van der Waals surface area contributed by atoms with Gasteiger partial charge in [0.05, 0.1) is 11.0 Å². The fourth-order valence-corrected chi connectivity index (χ4v) is 3.42. The summed E-state index contributed by atoms with van der Waals surface area (Å²) in [5.41, 5.74) is -0.952. The van der Waals surface area contributed by atoms with Crippen LogP contribution in [0.5, 0.6) is 0 Å². The number of alkyl halides is 3. The molecule has 148 valence electrons. The van der Waals surface area contributed by atoms with Crippen LogP contribution in [-0.2, 0) is 19.8 Å². The summed E-state index contributed by atoms with van der Waals surface area (Å²) < 4.78 is 53.8. The molecular weight excluding hydrogens is 470 g/mol. The van der Waals surface area contributed by atoms with Gasteiger partial charge in [-0.1, -0.05) is 23.7 Å². The lowest BCUT2D eigenvalue weighted by Crippen LogP contribution is -2.17. The number of hydrogen-bond donors (Lipinski definition) is 1. The number of aryl methyl sites for hydroxylation is 1. The molecule has 0 aliphatic rings. The molecule has 0 unspecified atom stereocenters. The quantitative estimate of drug-likeness (QED) is 0.560. The molecule has 2 heterocycles. The van der Waals surface area contributed by atoms with Crippen molar-refractivity contribution in [3.05, 3.63) is 62.7 Å². The van der Waals surface area contributed by atoms with E-state index < -0.39 is 28.1 Å². The number of nitrogens with one attached hydrogen (secondary N) is 1. The Morgan fingerprint density at radius 2 is 2.04 bits per heavy atom. The van der Waals surface area contributed by atoms with E-state index in [1.54, 1.807) is 6.07 Å². The van der Waals surface area contributed by atoms with Crippen molar-refractivity contribution in [3.8, 4) is 0 Å². The molecule has 2 aromatic heterocycles. The van der Waals surface area contributed by atoms with Gasteiger partial charge in [-0.15, -0.1) is 0 Å². The van der Waals surface area contributed by atoms with Crippen LogP contribution >= 0.6 is 27.5 Å². The maximum absolute atomic E-state index is 13.3. The van der Waals surface area contributed by atoms with Gasteiger partial charge in [0.15, 0.2) is 11.5 Å². The van der Waals surface area contributed by atoms with E-state index in [9.17, 15) is 22.4 Å². The van der Waals surface area contributed by atoms with Crippen molar-refractivity contribution < 1.29 is 22.4 Å². The van der Waals surface area contributed by atoms with Crippen LogP contribution in [0.25, 0.3) is 0 Å². The van der Waals surface area contributed by atoms with Gasteiger partial charge < -0.3 is 5.32 Å². The number of hydrogen-bond acceptors (Lipinski definition) is 3. The monoisotopic (exact) mass is 479 g/mol. The number of aromatic nitrogens is 4. The van der Waals surface area contributed by atoms with Crippen molar-refractivity contribution >= 4 is 39.3 Å². The molecule has 3 aromatic rings. The molecule has 3 rings (SSSR count). The molecule has 0 radical (unpaired) electrons. The van der Waals surface area contributed by atoms with E-state index in [-0.39, 0.29) is 23.1 Å². The van der Waals surface area contributed by atoms with Crippen LogP contribution in [0.3, 0.4) is 0 Å². The molecule has 0 saturated heterocycles. The zero-order valence-electron chi connectivity index (χ0n) is 14.1. The Hall–Kier alpha value is -2.40. The molecule has 1 amide bonds. The van der Waals surface area contributed by atoms with Crippen molar-refractivity contribution in [2.45, 2.75) is 12.7 Å². The van der Waals surface area contributed by atoms with E-state index in [1.165, 1.54) is 36.1 Å². The number of rotatable bonds is 4. The molecule has 0 aliphatic carbocycles. The fraction of sp³-hybridized carbons (Fsp3) is 0.188. The molecule has 0 fully saturated rings. The third kappa shape index (κ3) is 4.20. The summed E-state index contributed by atoms with van der Waals surface area (Å²) in [6.45, 7) is 0.182. The predicted molar refractivity (Wildman–Crippen MR) is 96.6 cm³/mol. The van der Waals surface area contributed by atoms with Gasteiger partial charge in [-0.3, -0.25) is 14.2 Å². The Bertz CT molecular complexity index is 1050. The normalized spacial score (nSPS) is 11.7. The number of benzene rings is 1. The summed E-state index contributed by atoms with van der Waals surface area (Å²) in [5.74, 6) is -1.34. The number of anilines is 1. The molecule has 0 spiro atoms. The summed E-state index contributed by atoms with van der Waals surface area (Å²) in [7, 11) is 1.21. The van der Waals surface area contributed by atoms with E-state index in [4.69, 9.17) is 11.6 Å². The topological polar surface area (TPSA) is 64.7 Å². The summed E-state index contributed by atoms with van der Waals surface area (Å²) in [6, 6.07) is 5.84. The molecular formula is C16H11BrClF4N5O. The number of halogens is 6. The minimum atomic E-state index is -4.72. The zero-order valence-corrected chi connectivity index (χ0v) is 16.4. The minimum Gasteiger partial charge on any atom is -0.302 e. The maximum atomic E-state index is 13.3. The first-order valence-electron chi connectivity index (χ1n) is 7.64. The lowest BCUT2D eigenvalue weighted by Gasteiger charge is -2.05. The second kappa shape index (κ2) is 7.55. The fourth-order valence-electron chi connectivity index (χ4n) is 2.48. The van der Waals surface area contributed by atoms with Crippen LogP contribution in [0, 0.1) is 5.82 Å². The van der Waals surface area contributed by atoms with Crippen LogP contribution in [0.15, 0.2) is 34.9 Å². The molecule has 28 heavy (non-hydrogen) atoms. The smallest absolute Gasteiger partial charge is 0.302 e. The van der Waals surface area contributed by atoms with E-state index in [0.29, 0.717) is 5.56 Å². The zero-order chi connectivity index (χ0) is 20.6. The summed E-state index contributed by atoms with van der Waals surface area (Å²) >= 11 is 8.81. The van der Waals surface area contributed by atoms with Crippen LogP contribution in [0.4, 0.5) is 23.4 Å². The van der Waals surface area contributed by atoms with E-state index in [0.717, 1.165) is 4.68 Å². The van der Waals surface area contributed by atoms with Crippen LogP contribution in [0.1, 0.15) is 21.7 Å². The summed E-state index contributed by atoms with van der Waals surface area (Å²) in [4.78, 5) is 12.4. The Morgan fingerprint density at radius 3 is 2.64 bits per heavy atom. The van der Waals surface area contributed by atoms with Crippen molar-refractivity contribution in [2.24, 2.45) is 7.05 Å². The first-order chi connectivity index (χ1) is 13.1. The van der Waals surface area contributed by atoms with E-state index >= 15 is 0 Å². The van der Waals surface area contributed by atoms with Gasteiger partial charge in [0.25, 0.3) is 5.91 Å². The van der Waals surface area contributed by atoms with Gasteiger partial charge in [0.2, 0.25) is 0 Å². The lowest BCUT2D eigenvalue weighted by atomic mass is 10.2. The number of carbonyl (C=O) groups is 1. The number of nitrogens with zero attached hydrogens (tertiary/aromatic N) is 4. The Labute approximate surface area is 169 Å². The third-order valence-electron chi connectivity index (χ3n) is 3.66. The Balaban J connectivity index is 1.82. The SMILES string of the molecule is Cn1nc(C(F)(F)F)c(Br)c1C(=O)Nc1nn(Cc2cccc(F)c2)cc1Cl. The van der Waals surface area contributed by atoms with Crippen LogP contribution in [0.2, 0.25) is 5.02 Å². The summed E-state index contributed by atoms with van der Waals surface area (Å²) in [6.07, 6.45) is -3.32. The van der Waals surface area contributed by atoms with Gasteiger partial charge in [-0.05, 0) is 33.6 Å². The molecule has 1 aromatic carbocycles. The number of amides is 1. The van der Waals surface area contributed by atoms with Gasteiger partial charge in [0.1, 0.15) is 16.5 Å². The second-order valence-corrected chi connectivity index (χ2v) is 6.94. The predicted octanol–water partition coefficient (Wildman–Crippen LogP) is 4.49. The maximum Gasteiger partial charge on any atom is 0.436 e. The van der Waals surface area contributed by atoms with Crippen molar-refractivity contribution in [1.82, 2.24) is 19.6 Å². The minimum absolute atomic E-state index is 0.0512. The van der Waals surface area contributed by atoms with Crippen molar-refractivity contribution in [1.29, 1.82) is 0 Å². The highest BCUT2D eigenvalue weighted by atomic mass is 79.9. The second-order valence-electron chi connectivity index (χ2n) is 5.74. The molecule has 12 heteroatoms. The van der Waals surface area contributed by atoms with Gasteiger partial charge in [-0.25, -0.2) is 4.39 Å². The van der Waals surface area contributed by atoms with E-state index in [2.05, 4.69) is 31.4 Å². The highest BCUT2D eigenvalue weighted by Gasteiger charge is 2.39. The highest BCUT2D eigenvalue weighted by molar-refractivity contribution is 9.10. The van der Waals surface area contributed by atoms with Gasteiger partial charge in [0, 0.05) is 13.2 Å². The van der Waals surface area contributed by atoms with Crippen LogP contribution < -0.4 is 5.32 Å². The van der Waals surface area contributed by atoms with Gasteiger partial charge >= 0.3 is 6.18 Å². The van der Waals surface area contributed by atoms with E-state index in [1.807, 2.05) is 0 Å². The third-order valence-corrected chi connectivity index (χ3v) is 4.68. The number of carbonyl (C=O) groups excluding carboxylic acids is 1. The first-order valence-corrected chi connectivity index (χ1v) is 8.82.